The molecule has 3 atom stereocenters. The summed E-state index contributed by atoms with van der Waals surface area (Å²) in [6.45, 7) is 1.75. The molecule has 1 fully saturated rings. The Labute approximate surface area is 171 Å². The van der Waals surface area contributed by atoms with Crippen LogP contribution in [0, 0.1) is 0 Å². The number of amides is 1. The average Bonchev–Trinajstić information content (AvgIpc) is 3.20. The van der Waals surface area contributed by atoms with E-state index in [9.17, 15) is 4.79 Å². The van der Waals surface area contributed by atoms with Crippen molar-refractivity contribution in [3.8, 4) is 17.2 Å². The maximum Gasteiger partial charge on any atom is 0.231 e. The van der Waals surface area contributed by atoms with Crippen LogP contribution in [0.4, 0.5) is 0 Å². The molecule has 2 aromatic carbocycles. The van der Waals surface area contributed by atoms with Crippen molar-refractivity contribution in [3.63, 3.8) is 0 Å². The summed E-state index contributed by atoms with van der Waals surface area (Å²) in [4.78, 5) is 11.7. The van der Waals surface area contributed by atoms with E-state index in [1.165, 1.54) is 5.56 Å². The highest BCUT2D eigenvalue weighted by Gasteiger charge is 2.32. The van der Waals surface area contributed by atoms with Gasteiger partial charge in [0.1, 0.15) is 0 Å². The summed E-state index contributed by atoms with van der Waals surface area (Å²) in [5.74, 6) is 1.93. The Bertz CT molecular complexity index is 854. The van der Waals surface area contributed by atoms with Crippen molar-refractivity contribution in [2.24, 2.45) is 0 Å². The SMILES string of the molecule is COc1cc([C@H]2C[C@@H](NC(C)=O)C[C@@H](CCc3ccccc3)O2)cc2c1OCO2. The number of hydrogen-bond donors (Lipinski definition) is 1. The van der Waals surface area contributed by atoms with Crippen LogP contribution in [-0.2, 0) is 16.0 Å². The first-order valence-corrected chi connectivity index (χ1v) is 10.1. The molecule has 1 amide bonds. The zero-order valence-electron chi connectivity index (χ0n) is 16.9. The fourth-order valence-electron chi connectivity index (χ4n) is 4.13. The van der Waals surface area contributed by atoms with Crippen LogP contribution in [0.5, 0.6) is 17.2 Å². The number of carbonyl (C=O) groups excluding carboxylic acids is 1. The molecule has 0 unspecified atom stereocenters. The number of nitrogens with one attached hydrogen (secondary N) is 1. The van der Waals surface area contributed by atoms with Gasteiger partial charge in [-0.25, -0.2) is 0 Å². The minimum atomic E-state index is -0.148. The van der Waals surface area contributed by atoms with Crippen LogP contribution in [0.2, 0.25) is 0 Å². The Balaban J connectivity index is 1.53. The summed E-state index contributed by atoms with van der Waals surface area (Å²) in [6, 6.07) is 14.4. The Kier molecular flexibility index (Phi) is 5.90. The lowest BCUT2D eigenvalue weighted by Crippen LogP contribution is -2.42. The number of aryl methyl sites for hydroxylation is 1. The molecule has 0 aromatic heterocycles. The van der Waals surface area contributed by atoms with Crippen molar-refractivity contribution >= 4 is 5.91 Å². The highest BCUT2D eigenvalue weighted by molar-refractivity contribution is 5.73. The lowest BCUT2D eigenvalue weighted by molar-refractivity contribution is -0.122. The highest BCUT2D eigenvalue weighted by Crippen LogP contribution is 2.45. The molecule has 0 aliphatic carbocycles. The van der Waals surface area contributed by atoms with Gasteiger partial charge in [-0.15, -0.1) is 0 Å². The van der Waals surface area contributed by atoms with Crippen molar-refractivity contribution in [2.45, 2.75) is 50.9 Å². The molecule has 0 radical (unpaired) electrons. The van der Waals surface area contributed by atoms with Crippen LogP contribution >= 0.6 is 0 Å². The molecule has 0 bridgehead atoms. The average molecular weight is 397 g/mol. The molecule has 154 valence electrons. The zero-order valence-corrected chi connectivity index (χ0v) is 16.9. The summed E-state index contributed by atoms with van der Waals surface area (Å²) in [7, 11) is 1.62. The lowest BCUT2D eigenvalue weighted by Gasteiger charge is -2.36. The van der Waals surface area contributed by atoms with E-state index in [0.717, 1.165) is 24.8 Å². The maximum atomic E-state index is 11.7. The van der Waals surface area contributed by atoms with Gasteiger partial charge >= 0.3 is 0 Å². The molecule has 2 aromatic rings. The van der Waals surface area contributed by atoms with Crippen molar-refractivity contribution in [1.82, 2.24) is 5.32 Å². The first-order chi connectivity index (χ1) is 14.1. The Morgan fingerprint density at radius 3 is 2.76 bits per heavy atom. The second-order valence-corrected chi connectivity index (χ2v) is 7.60. The molecule has 1 N–H and O–H groups in total. The number of rotatable bonds is 6. The van der Waals surface area contributed by atoms with E-state index in [-0.39, 0.29) is 30.9 Å². The molecule has 4 rings (SSSR count). The van der Waals surface area contributed by atoms with Crippen LogP contribution in [0.25, 0.3) is 0 Å². The topological polar surface area (TPSA) is 66.0 Å². The predicted molar refractivity (Wildman–Crippen MR) is 108 cm³/mol. The zero-order chi connectivity index (χ0) is 20.2. The van der Waals surface area contributed by atoms with Crippen LogP contribution < -0.4 is 19.5 Å². The van der Waals surface area contributed by atoms with Gasteiger partial charge in [0, 0.05) is 13.0 Å². The van der Waals surface area contributed by atoms with Gasteiger partial charge in [-0.1, -0.05) is 30.3 Å². The van der Waals surface area contributed by atoms with Crippen molar-refractivity contribution < 1.29 is 23.7 Å². The van der Waals surface area contributed by atoms with Gasteiger partial charge in [0.15, 0.2) is 11.5 Å². The van der Waals surface area contributed by atoms with E-state index >= 15 is 0 Å². The smallest absolute Gasteiger partial charge is 0.231 e. The molecule has 2 aliphatic rings. The van der Waals surface area contributed by atoms with E-state index < -0.39 is 0 Å². The van der Waals surface area contributed by atoms with Gasteiger partial charge < -0.3 is 24.3 Å². The normalized spacial score (nSPS) is 22.9. The summed E-state index contributed by atoms with van der Waals surface area (Å²) in [5.41, 5.74) is 2.27. The van der Waals surface area contributed by atoms with Gasteiger partial charge in [0.25, 0.3) is 0 Å². The second kappa shape index (κ2) is 8.74. The second-order valence-electron chi connectivity index (χ2n) is 7.60. The van der Waals surface area contributed by atoms with Crippen LogP contribution in [-0.4, -0.2) is 32.0 Å². The quantitative estimate of drug-likeness (QED) is 0.804. The van der Waals surface area contributed by atoms with Gasteiger partial charge in [-0.3, -0.25) is 4.79 Å². The number of carbonyl (C=O) groups is 1. The fourth-order valence-corrected chi connectivity index (χ4v) is 4.13. The number of hydrogen-bond acceptors (Lipinski definition) is 5. The standard InChI is InChI=1S/C23H27NO5/c1-15(25)24-18-12-19(9-8-16-6-4-3-5-7-16)29-20(13-18)17-10-21(26-2)23-22(11-17)27-14-28-23/h3-7,10-11,18-20H,8-9,12-14H2,1-2H3,(H,24,25)/t18-,19+,20+/m0/s1. The lowest BCUT2D eigenvalue weighted by atomic mass is 9.91. The molecular formula is C23H27NO5. The van der Waals surface area contributed by atoms with Crippen LogP contribution in [0.1, 0.15) is 43.4 Å². The van der Waals surface area contributed by atoms with Gasteiger partial charge in [0.2, 0.25) is 18.4 Å². The van der Waals surface area contributed by atoms with Crippen LogP contribution in [0.15, 0.2) is 42.5 Å². The van der Waals surface area contributed by atoms with E-state index in [4.69, 9.17) is 18.9 Å². The molecular weight excluding hydrogens is 370 g/mol. The molecule has 6 nitrogen and oxygen atoms in total. The molecule has 2 aliphatic heterocycles. The van der Waals surface area contributed by atoms with E-state index in [1.807, 2.05) is 18.2 Å². The predicted octanol–water partition coefficient (Wildman–Crippen LogP) is 3.78. The van der Waals surface area contributed by atoms with Crippen molar-refractivity contribution in [3.05, 3.63) is 53.6 Å². The fraction of sp³-hybridized carbons (Fsp3) is 0.435. The van der Waals surface area contributed by atoms with Gasteiger partial charge in [0.05, 0.1) is 19.3 Å². The summed E-state index contributed by atoms with van der Waals surface area (Å²) >= 11 is 0. The van der Waals surface area contributed by atoms with Crippen LogP contribution in [0.3, 0.4) is 0 Å². The minimum absolute atomic E-state index is 0.0132. The molecule has 1 saturated heterocycles. The third kappa shape index (κ3) is 4.65. The Hall–Kier alpha value is -2.73. The van der Waals surface area contributed by atoms with E-state index in [1.54, 1.807) is 14.0 Å². The summed E-state index contributed by atoms with van der Waals surface area (Å²) in [5, 5.41) is 3.08. The summed E-state index contributed by atoms with van der Waals surface area (Å²) < 4.78 is 23.0. The largest absolute Gasteiger partial charge is 0.493 e. The monoisotopic (exact) mass is 397 g/mol. The molecule has 0 spiro atoms. The van der Waals surface area contributed by atoms with Crippen molar-refractivity contribution in [1.29, 1.82) is 0 Å². The van der Waals surface area contributed by atoms with Gasteiger partial charge in [-0.2, -0.15) is 0 Å². The first-order valence-electron chi connectivity index (χ1n) is 10.1. The third-order valence-corrected chi connectivity index (χ3v) is 5.46. The highest BCUT2D eigenvalue weighted by atomic mass is 16.7. The van der Waals surface area contributed by atoms with E-state index in [0.29, 0.717) is 23.7 Å². The number of methoxy groups -OCH3 is 1. The number of benzene rings is 2. The van der Waals surface area contributed by atoms with Gasteiger partial charge in [-0.05, 0) is 48.9 Å². The number of ether oxygens (including phenoxy) is 4. The third-order valence-electron chi connectivity index (χ3n) is 5.46. The summed E-state index contributed by atoms with van der Waals surface area (Å²) in [6.07, 6.45) is 3.27. The minimum Gasteiger partial charge on any atom is -0.493 e. The first kappa shape index (κ1) is 19.6. The van der Waals surface area contributed by atoms with E-state index in [2.05, 4.69) is 29.6 Å². The number of fused-ring (bicyclic) bond motifs is 1. The Morgan fingerprint density at radius 1 is 1.17 bits per heavy atom. The Morgan fingerprint density at radius 2 is 2.00 bits per heavy atom. The molecule has 6 heteroatoms. The molecule has 2 heterocycles. The van der Waals surface area contributed by atoms with Crippen molar-refractivity contribution in [2.75, 3.05) is 13.9 Å². The molecule has 29 heavy (non-hydrogen) atoms. The molecule has 0 saturated carbocycles. The maximum absolute atomic E-state index is 11.7.